The Balaban J connectivity index is 0.000000175. The van der Waals surface area contributed by atoms with Crippen LogP contribution in [0.4, 0.5) is 0 Å². The first-order valence-electron chi connectivity index (χ1n) is 12.6. The summed E-state index contributed by atoms with van der Waals surface area (Å²) in [7, 11) is 0. The maximum atomic E-state index is 11.6. The van der Waals surface area contributed by atoms with Crippen LogP contribution in [-0.2, 0) is 14.4 Å². The third kappa shape index (κ3) is 6.31. The van der Waals surface area contributed by atoms with Gasteiger partial charge in [-0.25, -0.2) is 0 Å². The SMILES string of the molecule is C=C(C)C1CC=C(C=O)CC1.C=C(C)C1CC=C(C=O)CC1.CC12CCC(CC1=O)C2(C)C. The second-order valence-electron chi connectivity index (χ2n) is 11.3. The van der Waals surface area contributed by atoms with Gasteiger partial charge in [0.15, 0.2) is 0 Å². The molecule has 182 valence electrons. The number of Topliss-reactive ketones (excluding diaryl/α,β-unsaturated/α-hetero) is 1. The Morgan fingerprint density at radius 1 is 0.879 bits per heavy atom. The van der Waals surface area contributed by atoms with Gasteiger partial charge in [-0.15, -0.1) is 0 Å². The fourth-order valence-electron chi connectivity index (χ4n) is 5.72. The second-order valence-corrected chi connectivity index (χ2v) is 11.3. The van der Waals surface area contributed by atoms with E-state index in [9.17, 15) is 14.4 Å². The summed E-state index contributed by atoms with van der Waals surface area (Å²) in [6.45, 7) is 18.6. The Hall–Kier alpha value is -2.03. The lowest BCUT2D eigenvalue weighted by atomic mass is 9.70. The summed E-state index contributed by atoms with van der Waals surface area (Å²) in [5, 5.41) is 0. The van der Waals surface area contributed by atoms with Gasteiger partial charge in [0.25, 0.3) is 0 Å². The number of ketones is 1. The van der Waals surface area contributed by atoms with Crippen LogP contribution in [0.5, 0.6) is 0 Å². The van der Waals surface area contributed by atoms with E-state index in [1.807, 2.05) is 12.2 Å². The van der Waals surface area contributed by atoms with Crippen LogP contribution in [0.2, 0.25) is 0 Å². The van der Waals surface area contributed by atoms with Gasteiger partial charge in [-0.1, -0.05) is 57.2 Å². The van der Waals surface area contributed by atoms with Crippen LogP contribution < -0.4 is 0 Å². The molecule has 0 aliphatic heterocycles. The molecule has 3 nitrogen and oxygen atoms in total. The van der Waals surface area contributed by atoms with Crippen LogP contribution in [0.1, 0.15) is 92.4 Å². The van der Waals surface area contributed by atoms with Crippen molar-refractivity contribution in [3.8, 4) is 0 Å². The summed E-state index contributed by atoms with van der Waals surface area (Å²) < 4.78 is 0. The van der Waals surface area contributed by atoms with E-state index < -0.39 is 0 Å². The summed E-state index contributed by atoms with van der Waals surface area (Å²) in [5.41, 5.74) is 4.71. The number of carbonyl (C=O) groups is 3. The highest BCUT2D eigenvalue weighted by molar-refractivity contribution is 5.89. The number of fused-ring (bicyclic) bond motifs is 2. The molecule has 0 aromatic rings. The molecule has 2 saturated carbocycles. The van der Waals surface area contributed by atoms with Crippen molar-refractivity contribution >= 4 is 18.4 Å². The molecule has 0 heterocycles. The van der Waals surface area contributed by atoms with Gasteiger partial charge in [-0.05, 0) is 99.5 Å². The third-order valence-electron chi connectivity index (χ3n) is 9.07. The maximum Gasteiger partial charge on any atom is 0.145 e. The van der Waals surface area contributed by atoms with E-state index >= 15 is 0 Å². The van der Waals surface area contributed by atoms with Crippen LogP contribution >= 0.6 is 0 Å². The fourth-order valence-corrected chi connectivity index (χ4v) is 5.72. The molecule has 2 bridgehead atoms. The number of allylic oxidation sites excluding steroid dienone is 6. The van der Waals surface area contributed by atoms with Gasteiger partial charge in [-0.2, -0.15) is 0 Å². The van der Waals surface area contributed by atoms with Crippen molar-refractivity contribution in [3.05, 3.63) is 47.6 Å². The summed E-state index contributed by atoms with van der Waals surface area (Å²) >= 11 is 0. The molecule has 0 aromatic carbocycles. The van der Waals surface area contributed by atoms with E-state index in [0.717, 1.165) is 75.1 Å². The lowest BCUT2D eigenvalue weighted by Crippen LogP contribution is -2.32. The average Bonchev–Trinajstić information content (AvgIpc) is 3.13. The van der Waals surface area contributed by atoms with Crippen LogP contribution in [0.3, 0.4) is 0 Å². The highest BCUT2D eigenvalue weighted by atomic mass is 16.1. The summed E-state index contributed by atoms with van der Waals surface area (Å²) in [5.74, 6) is 2.41. The summed E-state index contributed by atoms with van der Waals surface area (Å²) in [6.07, 6.45) is 15.3. The molecular weight excluding hydrogens is 408 g/mol. The molecule has 0 radical (unpaired) electrons. The van der Waals surface area contributed by atoms with Gasteiger partial charge in [-0.3, -0.25) is 14.4 Å². The average molecular weight is 453 g/mol. The lowest BCUT2D eigenvalue weighted by Gasteiger charge is -2.32. The molecule has 0 aromatic heterocycles. The number of aldehydes is 2. The minimum Gasteiger partial charge on any atom is -0.299 e. The molecule has 2 fully saturated rings. The Morgan fingerprint density at radius 2 is 1.33 bits per heavy atom. The first-order valence-corrected chi connectivity index (χ1v) is 12.6. The van der Waals surface area contributed by atoms with Crippen molar-refractivity contribution in [2.75, 3.05) is 0 Å². The first-order chi connectivity index (χ1) is 15.5. The van der Waals surface area contributed by atoms with E-state index in [-0.39, 0.29) is 10.8 Å². The zero-order valence-electron chi connectivity index (χ0n) is 21.5. The van der Waals surface area contributed by atoms with Gasteiger partial charge >= 0.3 is 0 Å². The highest BCUT2D eigenvalue weighted by Gasteiger charge is 2.61. The van der Waals surface area contributed by atoms with E-state index in [1.165, 1.54) is 17.6 Å². The smallest absolute Gasteiger partial charge is 0.145 e. The summed E-state index contributed by atoms with van der Waals surface area (Å²) in [4.78, 5) is 32.3. The molecule has 0 N–H and O–H groups in total. The third-order valence-corrected chi connectivity index (χ3v) is 9.07. The zero-order valence-corrected chi connectivity index (χ0v) is 21.5. The first kappa shape index (κ1) is 27.2. The Labute approximate surface area is 201 Å². The molecule has 3 heteroatoms. The monoisotopic (exact) mass is 452 g/mol. The number of hydrogen-bond donors (Lipinski definition) is 0. The minimum atomic E-state index is 0.0255. The molecule has 0 spiro atoms. The van der Waals surface area contributed by atoms with Crippen molar-refractivity contribution < 1.29 is 14.4 Å². The quantitative estimate of drug-likeness (QED) is 0.330. The largest absolute Gasteiger partial charge is 0.299 e. The van der Waals surface area contributed by atoms with Crippen LogP contribution in [0.25, 0.3) is 0 Å². The minimum absolute atomic E-state index is 0.0255. The second kappa shape index (κ2) is 11.4. The normalized spacial score (nSPS) is 31.7. The highest BCUT2D eigenvalue weighted by Crippen LogP contribution is 2.63. The van der Waals surface area contributed by atoms with Crippen molar-refractivity contribution in [3.63, 3.8) is 0 Å². The predicted octanol–water partition coefficient (Wildman–Crippen LogP) is 7.38. The van der Waals surface area contributed by atoms with Gasteiger partial charge in [0.05, 0.1) is 0 Å². The van der Waals surface area contributed by atoms with Gasteiger partial charge in [0.1, 0.15) is 18.4 Å². The molecule has 33 heavy (non-hydrogen) atoms. The lowest BCUT2D eigenvalue weighted by molar-refractivity contribution is -0.128. The van der Waals surface area contributed by atoms with E-state index in [0.29, 0.717) is 23.5 Å². The zero-order chi connectivity index (χ0) is 24.8. The number of hydrogen-bond acceptors (Lipinski definition) is 3. The van der Waals surface area contributed by atoms with Gasteiger partial charge < -0.3 is 0 Å². The number of rotatable bonds is 4. The van der Waals surface area contributed by atoms with E-state index in [1.54, 1.807) is 0 Å². The molecule has 4 aliphatic rings. The Kier molecular flexibility index (Phi) is 9.40. The standard InChI is InChI=1S/C10H16O.2C10H14O/c1-9(2)7-4-5-10(9,3)8(11)6-7;2*1-8(2)10-5-3-9(7-11)4-6-10/h7H,4-6H2,1-3H3;2*3,7,10H,1,4-6H2,2H3. The number of carbonyl (C=O) groups excluding carboxylic acids is 3. The van der Waals surface area contributed by atoms with Crippen LogP contribution in [0, 0.1) is 28.6 Å². The van der Waals surface area contributed by atoms with Crippen molar-refractivity contribution in [1.82, 2.24) is 0 Å². The van der Waals surface area contributed by atoms with Crippen molar-refractivity contribution in [1.29, 1.82) is 0 Å². The molecule has 4 unspecified atom stereocenters. The Bertz CT molecular complexity index is 795. The van der Waals surface area contributed by atoms with Crippen molar-refractivity contribution in [2.24, 2.45) is 28.6 Å². The molecular formula is C30H44O3. The molecule has 4 atom stereocenters. The fraction of sp³-hybridized carbons (Fsp3) is 0.633. The van der Waals surface area contributed by atoms with E-state index in [4.69, 9.17) is 0 Å². The topological polar surface area (TPSA) is 51.2 Å². The van der Waals surface area contributed by atoms with E-state index in [2.05, 4.69) is 47.8 Å². The van der Waals surface area contributed by atoms with Crippen LogP contribution in [0.15, 0.2) is 47.6 Å². The summed E-state index contributed by atoms with van der Waals surface area (Å²) in [6, 6.07) is 0. The molecule has 4 aliphatic carbocycles. The van der Waals surface area contributed by atoms with Crippen molar-refractivity contribution in [2.45, 2.75) is 92.4 Å². The van der Waals surface area contributed by atoms with Gasteiger partial charge in [0, 0.05) is 11.8 Å². The maximum absolute atomic E-state index is 11.6. The molecule has 0 amide bonds. The van der Waals surface area contributed by atoms with Crippen LogP contribution in [-0.4, -0.2) is 18.4 Å². The predicted molar refractivity (Wildman–Crippen MR) is 137 cm³/mol. The molecule has 0 saturated heterocycles. The van der Waals surface area contributed by atoms with Gasteiger partial charge in [0.2, 0.25) is 0 Å². The Morgan fingerprint density at radius 3 is 1.52 bits per heavy atom. The molecule has 4 rings (SSSR count).